The molecular weight excluding hydrogens is 184 g/mol. The number of hydrogen-bond acceptors (Lipinski definition) is 2. The van der Waals surface area contributed by atoms with E-state index in [9.17, 15) is 9.59 Å². The molecule has 0 aliphatic rings. The summed E-state index contributed by atoms with van der Waals surface area (Å²) in [4.78, 5) is 24.5. The SMILES string of the molecule is CCc1c(C(=O)O)[nH]c(C)c1C(N)=O. The number of aromatic carboxylic acids is 1. The quantitative estimate of drug-likeness (QED) is 0.663. The van der Waals surface area contributed by atoms with Gasteiger partial charge in [-0.3, -0.25) is 4.79 Å². The number of hydrogen-bond donors (Lipinski definition) is 3. The van der Waals surface area contributed by atoms with Crippen LogP contribution in [0.5, 0.6) is 0 Å². The van der Waals surface area contributed by atoms with Crippen LogP contribution in [0.3, 0.4) is 0 Å². The van der Waals surface area contributed by atoms with Gasteiger partial charge in [0, 0.05) is 5.69 Å². The van der Waals surface area contributed by atoms with Gasteiger partial charge in [-0.15, -0.1) is 0 Å². The van der Waals surface area contributed by atoms with Crippen molar-refractivity contribution in [2.75, 3.05) is 0 Å². The summed E-state index contributed by atoms with van der Waals surface area (Å²) in [7, 11) is 0. The summed E-state index contributed by atoms with van der Waals surface area (Å²) < 4.78 is 0. The van der Waals surface area contributed by atoms with E-state index in [2.05, 4.69) is 4.98 Å². The zero-order chi connectivity index (χ0) is 10.9. The highest BCUT2D eigenvalue weighted by Crippen LogP contribution is 2.18. The van der Waals surface area contributed by atoms with E-state index in [0.29, 0.717) is 23.2 Å². The second-order valence-electron chi connectivity index (χ2n) is 3.00. The number of primary amides is 1. The maximum Gasteiger partial charge on any atom is 0.352 e. The fourth-order valence-corrected chi connectivity index (χ4v) is 1.55. The number of aryl methyl sites for hydroxylation is 1. The molecule has 0 spiro atoms. The number of amides is 1. The van der Waals surface area contributed by atoms with Crippen LogP contribution in [0, 0.1) is 6.92 Å². The molecule has 0 aliphatic carbocycles. The van der Waals surface area contributed by atoms with Gasteiger partial charge in [0.1, 0.15) is 5.69 Å². The van der Waals surface area contributed by atoms with Crippen molar-refractivity contribution >= 4 is 11.9 Å². The van der Waals surface area contributed by atoms with Crippen molar-refractivity contribution in [3.05, 3.63) is 22.5 Å². The molecule has 1 rings (SSSR count). The molecule has 0 atom stereocenters. The molecule has 5 heteroatoms. The highest BCUT2D eigenvalue weighted by atomic mass is 16.4. The Morgan fingerprint density at radius 2 is 2.07 bits per heavy atom. The predicted octanol–water partition coefficient (Wildman–Crippen LogP) is 0.683. The van der Waals surface area contributed by atoms with E-state index in [0.717, 1.165) is 0 Å². The molecule has 1 aromatic heterocycles. The number of nitrogens with one attached hydrogen (secondary N) is 1. The first kappa shape index (κ1) is 10.3. The highest BCUT2D eigenvalue weighted by Gasteiger charge is 2.21. The number of rotatable bonds is 3. The average Bonchev–Trinajstić information content (AvgIpc) is 2.41. The molecule has 14 heavy (non-hydrogen) atoms. The fourth-order valence-electron chi connectivity index (χ4n) is 1.55. The zero-order valence-electron chi connectivity index (χ0n) is 8.05. The van der Waals surface area contributed by atoms with Crippen LogP contribution >= 0.6 is 0 Å². The van der Waals surface area contributed by atoms with Gasteiger partial charge in [-0.1, -0.05) is 6.92 Å². The van der Waals surface area contributed by atoms with Gasteiger partial charge in [0.15, 0.2) is 0 Å². The Bertz CT molecular complexity index is 393. The van der Waals surface area contributed by atoms with E-state index in [4.69, 9.17) is 10.8 Å². The van der Waals surface area contributed by atoms with E-state index in [-0.39, 0.29) is 5.69 Å². The monoisotopic (exact) mass is 196 g/mol. The zero-order valence-corrected chi connectivity index (χ0v) is 8.05. The average molecular weight is 196 g/mol. The van der Waals surface area contributed by atoms with Crippen molar-refractivity contribution in [2.24, 2.45) is 5.73 Å². The Balaban J connectivity index is 3.43. The number of nitrogens with two attached hydrogens (primary N) is 1. The number of H-pyrrole nitrogens is 1. The molecule has 1 heterocycles. The summed E-state index contributed by atoms with van der Waals surface area (Å²) in [6.45, 7) is 3.41. The number of carboxylic acids is 1. The minimum Gasteiger partial charge on any atom is -0.477 e. The normalized spacial score (nSPS) is 10.1. The number of carboxylic acid groups (broad SMARTS) is 1. The van der Waals surface area contributed by atoms with Crippen molar-refractivity contribution in [1.82, 2.24) is 4.98 Å². The van der Waals surface area contributed by atoms with Gasteiger partial charge in [-0.25, -0.2) is 4.79 Å². The molecule has 76 valence electrons. The van der Waals surface area contributed by atoms with Gasteiger partial charge >= 0.3 is 5.97 Å². The maximum absolute atomic E-state index is 11.0. The van der Waals surface area contributed by atoms with E-state index >= 15 is 0 Å². The number of aromatic nitrogens is 1. The van der Waals surface area contributed by atoms with Crippen LogP contribution in [0.15, 0.2) is 0 Å². The molecule has 0 fully saturated rings. The van der Waals surface area contributed by atoms with E-state index < -0.39 is 11.9 Å². The Morgan fingerprint density at radius 1 is 1.50 bits per heavy atom. The lowest BCUT2D eigenvalue weighted by atomic mass is 10.1. The van der Waals surface area contributed by atoms with Crippen molar-refractivity contribution in [3.63, 3.8) is 0 Å². The lowest BCUT2D eigenvalue weighted by molar-refractivity contribution is 0.0690. The third kappa shape index (κ3) is 1.48. The molecule has 0 aliphatic heterocycles. The first-order chi connectivity index (χ1) is 6.49. The summed E-state index contributed by atoms with van der Waals surface area (Å²) >= 11 is 0. The van der Waals surface area contributed by atoms with Gasteiger partial charge in [-0.2, -0.15) is 0 Å². The van der Waals surface area contributed by atoms with Gasteiger partial charge in [0.2, 0.25) is 0 Å². The minimum atomic E-state index is -1.07. The van der Waals surface area contributed by atoms with Crippen LogP contribution in [-0.2, 0) is 6.42 Å². The summed E-state index contributed by atoms with van der Waals surface area (Å²) in [5.41, 5.74) is 6.48. The molecule has 1 aromatic rings. The predicted molar refractivity (Wildman–Crippen MR) is 50.4 cm³/mol. The smallest absolute Gasteiger partial charge is 0.352 e. The molecular formula is C9H12N2O3. The molecule has 0 unspecified atom stereocenters. The number of carbonyl (C=O) groups is 2. The van der Waals surface area contributed by atoms with Crippen molar-refractivity contribution in [2.45, 2.75) is 20.3 Å². The van der Waals surface area contributed by atoms with E-state index in [1.165, 1.54) is 0 Å². The summed E-state index contributed by atoms with van der Waals surface area (Å²) in [6.07, 6.45) is 0.463. The number of carbonyl (C=O) groups excluding carboxylic acids is 1. The molecule has 0 radical (unpaired) electrons. The molecule has 0 saturated carbocycles. The van der Waals surface area contributed by atoms with E-state index in [1.54, 1.807) is 13.8 Å². The minimum absolute atomic E-state index is 0.0544. The molecule has 5 nitrogen and oxygen atoms in total. The second-order valence-corrected chi connectivity index (χ2v) is 3.00. The molecule has 0 aromatic carbocycles. The Kier molecular flexibility index (Phi) is 2.60. The highest BCUT2D eigenvalue weighted by molar-refractivity contribution is 6.00. The fraction of sp³-hybridized carbons (Fsp3) is 0.333. The molecule has 0 bridgehead atoms. The topological polar surface area (TPSA) is 96.2 Å². The Morgan fingerprint density at radius 3 is 2.43 bits per heavy atom. The summed E-state index contributed by atoms with van der Waals surface area (Å²) in [6, 6.07) is 0. The lowest BCUT2D eigenvalue weighted by Gasteiger charge is -1.98. The van der Waals surface area contributed by atoms with Gasteiger partial charge in [0.25, 0.3) is 5.91 Å². The van der Waals surface area contributed by atoms with Gasteiger partial charge < -0.3 is 15.8 Å². The third-order valence-electron chi connectivity index (χ3n) is 2.10. The van der Waals surface area contributed by atoms with Crippen molar-refractivity contribution < 1.29 is 14.7 Å². The second kappa shape index (κ2) is 3.53. The van der Waals surface area contributed by atoms with Crippen LogP contribution in [0.2, 0.25) is 0 Å². The molecule has 4 N–H and O–H groups in total. The number of aromatic amines is 1. The van der Waals surface area contributed by atoms with Crippen LogP contribution < -0.4 is 5.73 Å². The van der Waals surface area contributed by atoms with Gasteiger partial charge in [-0.05, 0) is 18.9 Å². The van der Waals surface area contributed by atoms with Crippen LogP contribution in [-0.4, -0.2) is 22.0 Å². The summed E-state index contributed by atoms with van der Waals surface area (Å²) in [5, 5.41) is 8.83. The van der Waals surface area contributed by atoms with Crippen molar-refractivity contribution in [1.29, 1.82) is 0 Å². The van der Waals surface area contributed by atoms with Crippen molar-refractivity contribution in [3.8, 4) is 0 Å². The molecule has 0 saturated heterocycles. The first-order valence-electron chi connectivity index (χ1n) is 4.23. The van der Waals surface area contributed by atoms with Gasteiger partial charge in [0.05, 0.1) is 5.56 Å². The molecule has 1 amide bonds. The lowest BCUT2D eigenvalue weighted by Crippen LogP contribution is -2.14. The summed E-state index contributed by atoms with van der Waals surface area (Å²) in [5.74, 6) is -1.67. The maximum atomic E-state index is 11.0. The van der Waals surface area contributed by atoms with Crippen LogP contribution in [0.4, 0.5) is 0 Å². The third-order valence-corrected chi connectivity index (χ3v) is 2.10. The largest absolute Gasteiger partial charge is 0.477 e. The van der Waals surface area contributed by atoms with E-state index in [1.807, 2.05) is 0 Å². The Hall–Kier alpha value is -1.78. The first-order valence-corrected chi connectivity index (χ1v) is 4.23. The standard InChI is InChI=1S/C9H12N2O3/c1-3-5-6(8(10)12)4(2)11-7(5)9(13)14/h11H,3H2,1-2H3,(H2,10,12)(H,13,14). The van der Waals surface area contributed by atoms with Crippen LogP contribution in [0.25, 0.3) is 0 Å². The Labute approximate surface area is 80.9 Å². The van der Waals surface area contributed by atoms with Crippen LogP contribution in [0.1, 0.15) is 39.0 Å².